The Bertz CT molecular complexity index is 463. The van der Waals surface area contributed by atoms with Crippen LogP contribution in [0.5, 0.6) is 0 Å². The first-order valence-corrected chi connectivity index (χ1v) is 6.95. The molecule has 1 rings (SSSR count). The molecular weight excluding hydrogens is 255 g/mol. The van der Waals surface area contributed by atoms with Gasteiger partial charge >= 0.3 is 0 Å². The van der Waals surface area contributed by atoms with Gasteiger partial charge in [-0.1, -0.05) is 0 Å². The standard InChI is InChI=1S/C12H17FN2O2S/c1-8(2)15-12(16)5-6-18(17)11-4-3-9(14)7-10(11)13/h3-4,7-8H,5-6,14H2,1-2H3,(H,15,16). The Labute approximate surface area is 108 Å². The quantitative estimate of drug-likeness (QED) is 0.796. The molecule has 1 unspecified atom stereocenters. The van der Waals surface area contributed by atoms with E-state index in [9.17, 15) is 13.4 Å². The first-order chi connectivity index (χ1) is 8.40. The summed E-state index contributed by atoms with van der Waals surface area (Å²) in [5.41, 5.74) is 5.68. The van der Waals surface area contributed by atoms with Crippen molar-refractivity contribution in [3.05, 3.63) is 24.0 Å². The van der Waals surface area contributed by atoms with E-state index in [1.54, 1.807) is 0 Å². The predicted molar refractivity (Wildman–Crippen MR) is 70.0 cm³/mol. The van der Waals surface area contributed by atoms with E-state index in [1.165, 1.54) is 12.1 Å². The van der Waals surface area contributed by atoms with Crippen LogP contribution in [0, 0.1) is 5.82 Å². The highest BCUT2D eigenvalue weighted by Gasteiger charge is 2.12. The van der Waals surface area contributed by atoms with Crippen LogP contribution in [0.15, 0.2) is 23.1 Å². The van der Waals surface area contributed by atoms with E-state index in [4.69, 9.17) is 5.73 Å². The molecule has 100 valence electrons. The lowest BCUT2D eigenvalue weighted by Gasteiger charge is -2.08. The minimum Gasteiger partial charge on any atom is -0.399 e. The number of hydrogen-bond acceptors (Lipinski definition) is 3. The molecule has 1 aromatic carbocycles. The van der Waals surface area contributed by atoms with E-state index in [1.807, 2.05) is 13.8 Å². The average molecular weight is 272 g/mol. The van der Waals surface area contributed by atoms with Crippen LogP contribution < -0.4 is 11.1 Å². The minimum absolute atomic E-state index is 0.0409. The molecule has 0 aliphatic heterocycles. The minimum atomic E-state index is -1.53. The van der Waals surface area contributed by atoms with Crippen LogP contribution in [-0.2, 0) is 15.6 Å². The number of carbonyl (C=O) groups is 1. The Morgan fingerprint density at radius 3 is 2.72 bits per heavy atom. The van der Waals surface area contributed by atoms with Crippen LogP contribution in [0.3, 0.4) is 0 Å². The molecular formula is C12H17FN2O2S. The molecule has 0 radical (unpaired) electrons. The normalized spacial score (nSPS) is 12.4. The Kier molecular flexibility index (Phi) is 5.27. The Hall–Kier alpha value is -1.43. The van der Waals surface area contributed by atoms with Gasteiger partial charge in [-0.2, -0.15) is 0 Å². The van der Waals surface area contributed by atoms with E-state index >= 15 is 0 Å². The van der Waals surface area contributed by atoms with Gasteiger partial charge in [0.15, 0.2) is 0 Å². The number of halogens is 1. The molecule has 0 aliphatic carbocycles. The SMILES string of the molecule is CC(C)NC(=O)CCS(=O)c1ccc(N)cc1F. The zero-order valence-corrected chi connectivity index (χ0v) is 11.2. The summed E-state index contributed by atoms with van der Waals surface area (Å²) in [4.78, 5) is 11.5. The number of anilines is 1. The highest BCUT2D eigenvalue weighted by molar-refractivity contribution is 7.85. The third-order valence-corrected chi connectivity index (χ3v) is 3.56. The van der Waals surface area contributed by atoms with Crippen LogP contribution in [0.2, 0.25) is 0 Å². The molecule has 1 aromatic rings. The van der Waals surface area contributed by atoms with Gasteiger partial charge in [0.25, 0.3) is 0 Å². The van der Waals surface area contributed by atoms with Gasteiger partial charge in [0.2, 0.25) is 5.91 Å². The van der Waals surface area contributed by atoms with Crippen molar-refractivity contribution in [3.63, 3.8) is 0 Å². The maximum atomic E-state index is 13.5. The fourth-order valence-electron chi connectivity index (χ4n) is 1.39. The molecule has 0 saturated heterocycles. The number of nitrogens with one attached hydrogen (secondary N) is 1. The van der Waals surface area contributed by atoms with E-state index in [0.29, 0.717) is 0 Å². The second-order valence-electron chi connectivity index (χ2n) is 4.21. The average Bonchev–Trinajstić information content (AvgIpc) is 2.25. The molecule has 1 amide bonds. The third kappa shape index (κ3) is 4.44. The van der Waals surface area contributed by atoms with Gasteiger partial charge in [0, 0.05) is 23.9 Å². The number of carbonyl (C=O) groups excluding carboxylic acids is 1. The highest BCUT2D eigenvalue weighted by Crippen LogP contribution is 2.16. The second kappa shape index (κ2) is 6.49. The number of benzene rings is 1. The molecule has 6 heteroatoms. The van der Waals surface area contributed by atoms with Crippen molar-refractivity contribution in [2.75, 3.05) is 11.5 Å². The molecule has 4 nitrogen and oxygen atoms in total. The summed E-state index contributed by atoms with van der Waals surface area (Å²) in [5.74, 6) is -0.689. The maximum absolute atomic E-state index is 13.5. The van der Waals surface area contributed by atoms with E-state index in [-0.39, 0.29) is 34.7 Å². The van der Waals surface area contributed by atoms with Crippen LogP contribution in [-0.4, -0.2) is 21.9 Å². The summed E-state index contributed by atoms with van der Waals surface area (Å²) in [5, 5.41) is 2.69. The summed E-state index contributed by atoms with van der Waals surface area (Å²) in [6.45, 7) is 3.68. The largest absolute Gasteiger partial charge is 0.399 e. The van der Waals surface area contributed by atoms with Crippen molar-refractivity contribution >= 4 is 22.4 Å². The zero-order valence-electron chi connectivity index (χ0n) is 10.4. The summed E-state index contributed by atoms with van der Waals surface area (Å²) >= 11 is 0. The lowest BCUT2D eigenvalue weighted by molar-refractivity contribution is -0.121. The maximum Gasteiger partial charge on any atom is 0.221 e. The van der Waals surface area contributed by atoms with Gasteiger partial charge in [-0.3, -0.25) is 9.00 Å². The highest BCUT2D eigenvalue weighted by atomic mass is 32.2. The van der Waals surface area contributed by atoms with Crippen LogP contribution in [0.25, 0.3) is 0 Å². The summed E-state index contributed by atoms with van der Waals surface area (Å²) < 4.78 is 25.3. The number of nitrogen functional groups attached to an aromatic ring is 1. The van der Waals surface area contributed by atoms with E-state index in [2.05, 4.69) is 5.32 Å². The first kappa shape index (κ1) is 14.6. The molecule has 0 saturated carbocycles. The third-order valence-electron chi connectivity index (χ3n) is 2.17. The Morgan fingerprint density at radius 1 is 1.50 bits per heavy atom. The topological polar surface area (TPSA) is 72.2 Å². The number of nitrogens with two attached hydrogens (primary N) is 1. The summed E-state index contributed by atoms with van der Waals surface area (Å²) in [7, 11) is -1.53. The van der Waals surface area contributed by atoms with Gasteiger partial charge in [-0.25, -0.2) is 4.39 Å². The molecule has 18 heavy (non-hydrogen) atoms. The van der Waals surface area contributed by atoms with E-state index < -0.39 is 16.6 Å². The molecule has 0 aromatic heterocycles. The van der Waals surface area contributed by atoms with E-state index in [0.717, 1.165) is 6.07 Å². The lowest BCUT2D eigenvalue weighted by atomic mass is 10.3. The van der Waals surface area contributed by atoms with Gasteiger partial charge in [0.05, 0.1) is 15.7 Å². The lowest BCUT2D eigenvalue weighted by Crippen LogP contribution is -2.30. The Morgan fingerprint density at radius 2 is 2.17 bits per heavy atom. The molecule has 0 bridgehead atoms. The van der Waals surface area contributed by atoms with Crippen LogP contribution in [0.1, 0.15) is 20.3 Å². The molecule has 0 spiro atoms. The number of hydrogen-bond donors (Lipinski definition) is 2. The first-order valence-electron chi connectivity index (χ1n) is 5.63. The van der Waals surface area contributed by atoms with Gasteiger partial charge < -0.3 is 11.1 Å². The smallest absolute Gasteiger partial charge is 0.221 e. The zero-order chi connectivity index (χ0) is 13.7. The molecule has 0 heterocycles. The van der Waals surface area contributed by atoms with Crippen molar-refractivity contribution in [2.24, 2.45) is 0 Å². The van der Waals surface area contributed by atoms with Crippen molar-refractivity contribution in [2.45, 2.75) is 31.2 Å². The predicted octanol–water partition coefficient (Wildman–Crippen LogP) is 1.43. The molecule has 1 atom stereocenters. The van der Waals surface area contributed by atoms with Crippen molar-refractivity contribution in [1.82, 2.24) is 5.32 Å². The number of amides is 1. The van der Waals surface area contributed by atoms with Gasteiger partial charge in [-0.05, 0) is 32.0 Å². The van der Waals surface area contributed by atoms with Crippen molar-refractivity contribution in [3.8, 4) is 0 Å². The number of rotatable bonds is 5. The summed E-state index contributed by atoms with van der Waals surface area (Å²) in [6.07, 6.45) is 0.106. The summed E-state index contributed by atoms with van der Waals surface area (Å²) in [6, 6.07) is 4.05. The van der Waals surface area contributed by atoms with Crippen LogP contribution in [0.4, 0.5) is 10.1 Å². The van der Waals surface area contributed by atoms with Crippen LogP contribution >= 0.6 is 0 Å². The molecule has 0 aliphatic rings. The second-order valence-corrected chi connectivity index (χ2v) is 5.75. The van der Waals surface area contributed by atoms with Gasteiger partial charge in [-0.15, -0.1) is 0 Å². The Balaban J connectivity index is 2.58. The fourth-order valence-corrected chi connectivity index (χ4v) is 2.48. The monoisotopic (exact) mass is 272 g/mol. The molecule has 0 fully saturated rings. The van der Waals surface area contributed by atoms with Crippen molar-refractivity contribution in [1.29, 1.82) is 0 Å². The van der Waals surface area contributed by atoms with Crippen molar-refractivity contribution < 1.29 is 13.4 Å². The molecule has 3 N–H and O–H groups in total. The van der Waals surface area contributed by atoms with Gasteiger partial charge in [0.1, 0.15) is 5.82 Å². The fraction of sp³-hybridized carbons (Fsp3) is 0.417.